The van der Waals surface area contributed by atoms with Crippen molar-refractivity contribution >= 4 is 5.91 Å². The zero-order chi connectivity index (χ0) is 27.1. The fourth-order valence-corrected chi connectivity index (χ4v) is 5.88. The highest BCUT2D eigenvalue weighted by Crippen LogP contribution is 2.54. The number of phenols is 1. The number of nitrogens with one attached hydrogen (secondary N) is 1. The maximum absolute atomic E-state index is 14.1. The topological polar surface area (TPSA) is 119 Å². The first kappa shape index (κ1) is 26.1. The molecule has 1 amide bonds. The fourth-order valence-electron chi connectivity index (χ4n) is 5.88. The van der Waals surface area contributed by atoms with Crippen molar-refractivity contribution in [1.82, 2.24) is 10.2 Å². The summed E-state index contributed by atoms with van der Waals surface area (Å²) in [5, 5.41) is 24.4. The number of carbonyl (C=O) groups excluding carboxylic acids is 1. The quantitative estimate of drug-likeness (QED) is 0.445. The van der Waals surface area contributed by atoms with Crippen LogP contribution in [0.25, 0.3) is 0 Å². The molecule has 0 radical (unpaired) electrons. The Balaban J connectivity index is 1.53. The molecule has 1 saturated heterocycles. The number of aromatic hydroxyl groups is 1. The van der Waals surface area contributed by atoms with E-state index in [2.05, 4.69) is 11.9 Å². The van der Waals surface area contributed by atoms with E-state index in [4.69, 9.17) is 23.7 Å². The second-order valence-corrected chi connectivity index (χ2v) is 9.78. The SMILES string of the molecule is C=CCOc1c(C)c2c(c3c1C[C@H]1C(O)OC[C@H]3N1C(=O)[C@H](Cc1cc(C)c(OC)c(O)c1)NC)OCO2. The number of aliphatic hydroxyl groups is 1. The van der Waals surface area contributed by atoms with Gasteiger partial charge in [0.25, 0.3) is 0 Å². The number of benzene rings is 2. The van der Waals surface area contributed by atoms with Crippen molar-refractivity contribution in [1.29, 1.82) is 0 Å². The highest BCUT2D eigenvalue weighted by Gasteiger charge is 2.50. The molecule has 10 nitrogen and oxygen atoms in total. The smallest absolute Gasteiger partial charge is 0.241 e. The van der Waals surface area contributed by atoms with Crippen molar-refractivity contribution in [3.8, 4) is 28.7 Å². The summed E-state index contributed by atoms with van der Waals surface area (Å²) in [6.07, 6.45) is 1.16. The van der Waals surface area contributed by atoms with Gasteiger partial charge in [0.2, 0.25) is 12.7 Å². The Hall–Kier alpha value is -3.47. The lowest BCUT2D eigenvalue weighted by Gasteiger charge is -2.50. The summed E-state index contributed by atoms with van der Waals surface area (Å²) < 4.78 is 28.7. The van der Waals surface area contributed by atoms with Gasteiger partial charge >= 0.3 is 0 Å². The van der Waals surface area contributed by atoms with Gasteiger partial charge in [0, 0.05) is 23.1 Å². The van der Waals surface area contributed by atoms with E-state index in [-0.39, 0.29) is 25.1 Å². The molecular weight excluding hydrogens is 492 g/mol. The first-order valence-electron chi connectivity index (χ1n) is 12.6. The van der Waals surface area contributed by atoms with Crippen molar-refractivity contribution in [2.75, 3.05) is 34.2 Å². The number of hydrogen-bond acceptors (Lipinski definition) is 9. The van der Waals surface area contributed by atoms with Gasteiger partial charge in [-0.3, -0.25) is 4.79 Å². The largest absolute Gasteiger partial charge is 0.504 e. The van der Waals surface area contributed by atoms with E-state index in [0.29, 0.717) is 42.4 Å². The average molecular weight is 527 g/mol. The lowest BCUT2D eigenvalue weighted by atomic mass is 9.83. The standard InChI is InChI=1S/C28H34N2O8/c1-6-7-35-24-15(3)25-26(38-13-37-25)22-17(24)11-19-28(33)36-12-20(22)30(19)27(32)18(29-4)9-16-8-14(2)23(34-5)21(31)10-16/h6,8,10,18-20,28-29,31,33H,1,7,9,11-13H2,2-5H3/t18-,19-,20+,28?/m0/s1. The monoisotopic (exact) mass is 526 g/mol. The molecule has 204 valence electrons. The van der Waals surface area contributed by atoms with Crippen molar-refractivity contribution in [2.24, 2.45) is 0 Å². The molecule has 1 fully saturated rings. The van der Waals surface area contributed by atoms with Crippen molar-refractivity contribution < 1.29 is 38.7 Å². The molecule has 3 N–H and O–H groups in total. The molecule has 2 aromatic carbocycles. The van der Waals surface area contributed by atoms with E-state index in [9.17, 15) is 15.0 Å². The number of ether oxygens (including phenoxy) is 5. The normalized spacial score (nSPS) is 22.0. The second-order valence-electron chi connectivity index (χ2n) is 9.78. The van der Waals surface area contributed by atoms with Crippen LogP contribution in [0.4, 0.5) is 0 Å². The molecule has 5 rings (SSSR count). The molecular formula is C28H34N2O8. The number of rotatable bonds is 8. The number of aliphatic hydroxyl groups excluding tert-OH is 1. The minimum absolute atomic E-state index is 0.0209. The number of methoxy groups -OCH3 is 1. The van der Waals surface area contributed by atoms with Crippen LogP contribution in [0.3, 0.4) is 0 Å². The van der Waals surface area contributed by atoms with Gasteiger partial charge in [-0.25, -0.2) is 0 Å². The lowest BCUT2D eigenvalue weighted by Crippen LogP contribution is -2.62. The Morgan fingerprint density at radius 3 is 2.74 bits per heavy atom. The van der Waals surface area contributed by atoms with Crippen LogP contribution in [0.5, 0.6) is 28.7 Å². The van der Waals surface area contributed by atoms with Crippen LogP contribution in [0.1, 0.15) is 33.9 Å². The summed E-state index contributed by atoms with van der Waals surface area (Å²) in [5.74, 6) is 2.08. The number of nitrogens with zero attached hydrogens (tertiary/aromatic N) is 1. The molecule has 3 heterocycles. The van der Waals surface area contributed by atoms with Gasteiger partial charge in [-0.2, -0.15) is 0 Å². The predicted molar refractivity (Wildman–Crippen MR) is 138 cm³/mol. The molecule has 3 aliphatic heterocycles. The summed E-state index contributed by atoms with van der Waals surface area (Å²) in [6, 6.07) is 1.75. The van der Waals surface area contributed by atoms with Crippen molar-refractivity contribution in [3.05, 3.63) is 52.6 Å². The van der Waals surface area contributed by atoms with Crippen LogP contribution >= 0.6 is 0 Å². The van der Waals surface area contributed by atoms with Gasteiger partial charge in [0.1, 0.15) is 12.4 Å². The fraction of sp³-hybridized carbons (Fsp3) is 0.464. The van der Waals surface area contributed by atoms with E-state index in [1.165, 1.54) is 7.11 Å². The first-order chi connectivity index (χ1) is 18.3. The van der Waals surface area contributed by atoms with Gasteiger partial charge < -0.3 is 44.1 Å². The third-order valence-electron chi connectivity index (χ3n) is 7.54. The molecule has 4 atom stereocenters. The predicted octanol–water partition coefficient (Wildman–Crippen LogP) is 2.28. The molecule has 0 aliphatic carbocycles. The van der Waals surface area contributed by atoms with Gasteiger partial charge in [-0.05, 0) is 44.5 Å². The number of likely N-dealkylation sites (N-methyl/N-ethyl adjacent to an activating group) is 1. The summed E-state index contributed by atoms with van der Waals surface area (Å²) >= 11 is 0. The van der Waals surface area contributed by atoms with Gasteiger partial charge in [-0.15, -0.1) is 0 Å². The third kappa shape index (κ3) is 4.22. The number of morpholine rings is 1. The minimum Gasteiger partial charge on any atom is -0.504 e. The highest BCUT2D eigenvalue weighted by molar-refractivity contribution is 5.84. The number of amides is 1. The van der Waals surface area contributed by atoms with Gasteiger partial charge in [-0.1, -0.05) is 18.7 Å². The van der Waals surface area contributed by atoms with Gasteiger partial charge in [0.15, 0.2) is 29.3 Å². The molecule has 3 aliphatic rings. The van der Waals surface area contributed by atoms with Crippen LogP contribution < -0.4 is 24.3 Å². The summed E-state index contributed by atoms with van der Waals surface area (Å²) in [7, 11) is 3.22. The summed E-state index contributed by atoms with van der Waals surface area (Å²) in [5.41, 5.74) is 4.03. The maximum atomic E-state index is 14.1. The van der Waals surface area contributed by atoms with Gasteiger partial charge in [0.05, 0.1) is 31.8 Å². The molecule has 10 heteroatoms. The summed E-state index contributed by atoms with van der Waals surface area (Å²) in [4.78, 5) is 15.8. The molecule has 1 unspecified atom stereocenters. The molecule has 0 aromatic heterocycles. The van der Waals surface area contributed by atoms with Crippen LogP contribution in [0, 0.1) is 13.8 Å². The van der Waals surface area contributed by atoms with E-state index in [1.807, 2.05) is 19.9 Å². The summed E-state index contributed by atoms with van der Waals surface area (Å²) in [6.45, 7) is 7.98. The Morgan fingerprint density at radius 2 is 2.05 bits per heavy atom. The van der Waals surface area contributed by atoms with E-state index < -0.39 is 24.4 Å². The van der Waals surface area contributed by atoms with E-state index in [1.54, 1.807) is 24.1 Å². The maximum Gasteiger partial charge on any atom is 0.241 e. The number of hydrogen-bond donors (Lipinski definition) is 3. The van der Waals surface area contributed by atoms with Crippen LogP contribution in [0.15, 0.2) is 24.8 Å². The third-order valence-corrected chi connectivity index (χ3v) is 7.54. The van der Waals surface area contributed by atoms with Crippen LogP contribution in [-0.4, -0.2) is 73.6 Å². The first-order valence-corrected chi connectivity index (χ1v) is 12.6. The number of fused-ring (bicyclic) bond motifs is 6. The van der Waals surface area contributed by atoms with Crippen LogP contribution in [0.2, 0.25) is 0 Å². The zero-order valence-electron chi connectivity index (χ0n) is 22.1. The molecule has 0 spiro atoms. The van der Waals surface area contributed by atoms with Crippen molar-refractivity contribution in [3.63, 3.8) is 0 Å². The Bertz CT molecular complexity index is 1240. The molecule has 2 bridgehead atoms. The Morgan fingerprint density at radius 1 is 1.29 bits per heavy atom. The number of phenolic OH excluding ortho intramolecular Hbond substituents is 1. The zero-order valence-corrected chi connectivity index (χ0v) is 22.1. The Labute approximate surface area is 221 Å². The van der Waals surface area contributed by atoms with Crippen LogP contribution in [-0.2, 0) is 22.4 Å². The average Bonchev–Trinajstić information content (AvgIpc) is 3.38. The second kappa shape index (κ2) is 10.4. The van der Waals surface area contributed by atoms with Crippen molar-refractivity contribution in [2.45, 2.75) is 51.1 Å². The van der Waals surface area contributed by atoms with E-state index >= 15 is 0 Å². The minimum atomic E-state index is -1.16. The van der Waals surface area contributed by atoms with E-state index in [0.717, 1.165) is 27.8 Å². The lowest BCUT2D eigenvalue weighted by molar-refractivity contribution is -0.208. The molecule has 38 heavy (non-hydrogen) atoms. The number of carbonyl (C=O) groups is 1. The molecule has 0 saturated carbocycles. The molecule has 2 aromatic rings. The Kier molecular flexibility index (Phi) is 7.13. The highest BCUT2D eigenvalue weighted by atomic mass is 16.7. The number of aryl methyl sites for hydroxylation is 1.